The fraction of sp³-hybridized carbons (Fsp3) is 0.350. The molecule has 0 aromatic heterocycles. The van der Waals surface area contributed by atoms with E-state index in [1.54, 1.807) is 13.8 Å². The molecule has 0 N–H and O–H groups in total. The highest BCUT2D eigenvalue weighted by Gasteiger charge is 2.38. The topological polar surface area (TPSA) is 20.3 Å². The van der Waals surface area contributed by atoms with E-state index in [4.69, 9.17) is 0 Å². The van der Waals surface area contributed by atoms with Gasteiger partial charge in [0.15, 0.2) is 0 Å². The summed E-state index contributed by atoms with van der Waals surface area (Å²) in [5.41, 5.74) is -0.296. The van der Waals surface area contributed by atoms with Gasteiger partial charge < -0.3 is 4.90 Å². The molecule has 0 aliphatic carbocycles. The van der Waals surface area contributed by atoms with Gasteiger partial charge in [-0.3, -0.25) is 4.79 Å². The van der Waals surface area contributed by atoms with Crippen molar-refractivity contribution < 1.29 is 26.7 Å². The van der Waals surface area contributed by atoms with Crippen molar-refractivity contribution in [3.8, 4) is 0 Å². The first-order valence-corrected chi connectivity index (χ1v) is 8.56. The third kappa shape index (κ3) is 3.82. The highest BCUT2D eigenvalue weighted by molar-refractivity contribution is 6.00. The average molecular weight is 383 g/mol. The lowest BCUT2D eigenvalue weighted by Gasteiger charge is -2.22. The third-order valence-electron chi connectivity index (χ3n) is 4.77. The minimum absolute atomic E-state index is 0.135. The molecule has 0 radical (unpaired) electrons. The summed E-state index contributed by atoms with van der Waals surface area (Å²) < 4.78 is 67.1. The van der Waals surface area contributed by atoms with Crippen LogP contribution in [0.4, 0.5) is 27.6 Å². The van der Waals surface area contributed by atoms with Gasteiger partial charge in [-0.15, -0.1) is 0 Å². The molecule has 27 heavy (non-hydrogen) atoms. The fourth-order valence-corrected chi connectivity index (χ4v) is 3.48. The number of amides is 1. The Bertz CT molecular complexity index is 855. The minimum Gasteiger partial charge on any atom is -0.312 e. The lowest BCUT2D eigenvalue weighted by molar-refractivity contribution is -0.138. The lowest BCUT2D eigenvalue weighted by atomic mass is 9.96. The van der Waals surface area contributed by atoms with Crippen LogP contribution in [0.2, 0.25) is 0 Å². The maximum Gasteiger partial charge on any atom is 0.416 e. The van der Waals surface area contributed by atoms with Crippen molar-refractivity contribution in [1.29, 1.82) is 0 Å². The summed E-state index contributed by atoms with van der Waals surface area (Å²) in [5, 5.41) is 0. The normalized spacial score (nSPS) is 17.9. The van der Waals surface area contributed by atoms with Gasteiger partial charge in [0.05, 0.1) is 11.5 Å². The lowest BCUT2D eigenvalue weighted by Crippen LogP contribution is -2.27. The highest BCUT2D eigenvalue weighted by Crippen LogP contribution is 2.39. The van der Waals surface area contributed by atoms with Crippen molar-refractivity contribution in [3.63, 3.8) is 0 Å². The van der Waals surface area contributed by atoms with Crippen LogP contribution in [0.5, 0.6) is 0 Å². The minimum atomic E-state index is -4.54. The second kappa shape index (κ2) is 6.94. The van der Waals surface area contributed by atoms with E-state index in [2.05, 4.69) is 0 Å². The van der Waals surface area contributed by atoms with Crippen LogP contribution in [-0.4, -0.2) is 12.5 Å². The number of hydrogen-bond acceptors (Lipinski definition) is 1. The highest BCUT2D eigenvalue weighted by atomic mass is 19.4. The van der Waals surface area contributed by atoms with Gasteiger partial charge in [-0.2, -0.15) is 13.2 Å². The summed E-state index contributed by atoms with van der Waals surface area (Å²) in [6.07, 6.45) is -4.27. The van der Waals surface area contributed by atoms with E-state index in [-0.39, 0.29) is 35.7 Å². The Morgan fingerprint density at radius 1 is 1.04 bits per heavy atom. The van der Waals surface area contributed by atoms with Crippen LogP contribution in [0.25, 0.3) is 0 Å². The van der Waals surface area contributed by atoms with Crippen LogP contribution in [-0.2, 0) is 11.0 Å². The second-order valence-corrected chi connectivity index (χ2v) is 6.96. The van der Waals surface area contributed by atoms with Gasteiger partial charge in [-0.05, 0) is 47.7 Å². The van der Waals surface area contributed by atoms with Gasteiger partial charge >= 0.3 is 6.18 Å². The average Bonchev–Trinajstić information content (AvgIpc) is 2.94. The van der Waals surface area contributed by atoms with E-state index in [9.17, 15) is 26.7 Å². The van der Waals surface area contributed by atoms with E-state index in [1.165, 1.54) is 17.0 Å². The first-order valence-electron chi connectivity index (χ1n) is 8.56. The summed E-state index contributed by atoms with van der Waals surface area (Å²) in [7, 11) is 0. The molecule has 1 heterocycles. The monoisotopic (exact) mass is 383 g/mol. The quantitative estimate of drug-likeness (QED) is 0.630. The molecule has 0 saturated carbocycles. The summed E-state index contributed by atoms with van der Waals surface area (Å²) in [6, 6.07) is 6.71. The van der Waals surface area contributed by atoms with Crippen molar-refractivity contribution >= 4 is 11.6 Å². The van der Waals surface area contributed by atoms with E-state index in [0.29, 0.717) is 6.07 Å². The summed E-state index contributed by atoms with van der Waals surface area (Å²) >= 11 is 0. The van der Waals surface area contributed by atoms with E-state index >= 15 is 0 Å². The Morgan fingerprint density at radius 3 is 2.22 bits per heavy atom. The van der Waals surface area contributed by atoms with Crippen molar-refractivity contribution in [2.24, 2.45) is 0 Å². The molecule has 1 unspecified atom stereocenters. The molecule has 1 aliphatic rings. The maximum absolute atomic E-state index is 13.4. The van der Waals surface area contributed by atoms with Gasteiger partial charge in [-0.1, -0.05) is 19.9 Å². The Morgan fingerprint density at radius 2 is 1.67 bits per heavy atom. The zero-order chi connectivity index (χ0) is 19.9. The van der Waals surface area contributed by atoms with Crippen LogP contribution >= 0.6 is 0 Å². The molecular weight excluding hydrogens is 365 g/mol. The molecule has 3 rings (SSSR count). The molecular formula is C20H18F5NO. The van der Waals surface area contributed by atoms with Crippen molar-refractivity contribution in [1.82, 2.24) is 0 Å². The molecule has 2 aromatic carbocycles. The van der Waals surface area contributed by atoms with E-state index in [0.717, 1.165) is 18.2 Å². The number of carbonyl (C=O) groups is 1. The summed E-state index contributed by atoms with van der Waals surface area (Å²) in [5.74, 6) is -3.17. The molecule has 1 atom stereocenters. The number of alkyl halides is 3. The van der Waals surface area contributed by atoms with Gasteiger partial charge in [-0.25, -0.2) is 8.78 Å². The molecule has 7 heteroatoms. The van der Waals surface area contributed by atoms with Crippen LogP contribution in [0, 0.1) is 11.6 Å². The van der Waals surface area contributed by atoms with E-state index in [1.807, 2.05) is 0 Å². The zero-order valence-corrected chi connectivity index (χ0v) is 14.8. The van der Waals surface area contributed by atoms with Crippen LogP contribution in [0.3, 0.4) is 0 Å². The Labute approximate surface area is 153 Å². The molecule has 1 saturated heterocycles. The first kappa shape index (κ1) is 19.3. The maximum atomic E-state index is 13.4. The van der Waals surface area contributed by atoms with Crippen molar-refractivity contribution in [2.45, 2.75) is 38.3 Å². The molecule has 144 valence electrons. The first-order chi connectivity index (χ1) is 12.6. The number of nitrogens with zero attached hydrogens (tertiary/aromatic N) is 1. The fourth-order valence-electron chi connectivity index (χ4n) is 3.48. The molecule has 0 spiro atoms. The summed E-state index contributed by atoms with van der Waals surface area (Å²) in [6.45, 7) is 3.51. The Kier molecular flexibility index (Phi) is 4.97. The standard InChI is InChI=1S/C20H18F5NO/c1-11(2)16-4-3-15(10-18(16)20(23,24)25)26-6-5-17(19(26)27)12-7-13(21)9-14(22)8-12/h3-4,7-11,17H,5-6H2,1-2H3. The van der Waals surface area contributed by atoms with Gasteiger partial charge in [0.2, 0.25) is 5.91 Å². The SMILES string of the molecule is CC(C)c1ccc(N2CCC(c3cc(F)cc(F)c3)C2=O)cc1C(F)(F)F. The number of halogens is 5. The van der Waals surface area contributed by atoms with Gasteiger partial charge in [0.25, 0.3) is 0 Å². The van der Waals surface area contributed by atoms with Crippen molar-refractivity contribution in [3.05, 3.63) is 64.7 Å². The zero-order valence-electron chi connectivity index (χ0n) is 14.8. The Hall–Kier alpha value is -2.44. The Balaban J connectivity index is 1.95. The largest absolute Gasteiger partial charge is 0.416 e. The van der Waals surface area contributed by atoms with E-state index < -0.39 is 35.2 Å². The number of carbonyl (C=O) groups excluding carboxylic acids is 1. The molecule has 2 aromatic rings. The van der Waals surface area contributed by atoms with Crippen LogP contribution in [0.1, 0.15) is 48.8 Å². The summed E-state index contributed by atoms with van der Waals surface area (Å²) in [4.78, 5) is 14.0. The second-order valence-electron chi connectivity index (χ2n) is 6.96. The molecule has 0 bridgehead atoms. The van der Waals surface area contributed by atoms with Crippen LogP contribution in [0.15, 0.2) is 36.4 Å². The number of hydrogen-bond donors (Lipinski definition) is 0. The number of rotatable bonds is 3. The molecule has 1 fully saturated rings. The third-order valence-corrected chi connectivity index (χ3v) is 4.77. The van der Waals surface area contributed by atoms with Crippen molar-refractivity contribution in [2.75, 3.05) is 11.4 Å². The number of anilines is 1. The predicted molar refractivity (Wildman–Crippen MR) is 91.6 cm³/mol. The predicted octanol–water partition coefficient (Wildman–Crippen LogP) is 5.63. The smallest absolute Gasteiger partial charge is 0.312 e. The van der Waals surface area contributed by atoms with Crippen LogP contribution < -0.4 is 4.90 Å². The van der Waals surface area contributed by atoms with Gasteiger partial charge in [0.1, 0.15) is 11.6 Å². The van der Waals surface area contributed by atoms with Gasteiger partial charge in [0, 0.05) is 18.3 Å². The molecule has 1 amide bonds. The molecule has 2 nitrogen and oxygen atoms in total. The molecule has 1 aliphatic heterocycles. The number of benzene rings is 2.